The molecule has 0 fully saturated rings. The molecule has 4 rings (SSSR count). The first-order valence-electron chi connectivity index (χ1n) is 8.16. The Hall–Kier alpha value is -2.51. The number of allylic oxidation sites excluding steroid dienone is 3. The molecule has 0 saturated heterocycles. The smallest absolute Gasteiger partial charge is 0.265 e. The molecule has 1 N–H and O–H groups in total. The van der Waals surface area contributed by atoms with Crippen molar-refractivity contribution in [2.24, 2.45) is 7.05 Å². The number of halogens is 1. The van der Waals surface area contributed by atoms with Gasteiger partial charge >= 0.3 is 0 Å². The minimum Gasteiger partial charge on any atom is -0.319 e. The van der Waals surface area contributed by atoms with Gasteiger partial charge in [-0.3, -0.25) is 9.48 Å². The van der Waals surface area contributed by atoms with Crippen molar-refractivity contribution in [1.29, 1.82) is 0 Å². The number of nitrogens with one attached hydrogen (secondary N) is 1. The molecular formula is C19H16FN3OS2. The molecule has 132 valence electrons. The number of thiophene rings is 2. The Balaban J connectivity index is 1.57. The first kappa shape index (κ1) is 16.9. The second-order valence-corrected chi connectivity index (χ2v) is 7.92. The summed E-state index contributed by atoms with van der Waals surface area (Å²) >= 11 is 3.01. The zero-order valence-corrected chi connectivity index (χ0v) is 15.7. The van der Waals surface area contributed by atoms with E-state index in [1.807, 2.05) is 47.5 Å². The van der Waals surface area contributed by atoms with Gasteiger partial charge in [-0.25, -0.2) is 4.39 Å². The quantitative estimate of drug-likeness (QED) is 0.676. The highest BCUT2D eigenvalue weighted by molar-refractivity contribution is 7.17. The number of carbonyl (C=O) groups is 1. The summed E-state index contributed by atoms with van der Waals surface area (Å²) in [6, 6.07) is 9.71. The van der Waals surface area contributed by atoms with E-state index in [1.54, 1.807) is 23.5 Å². The van der Waals surface area contributed by atoms with Crippen LogP contribution in [0.5, 0.6) is 0 Å². The van der Waals surface area contributed by atoms with Gasteiger partial charge < -0.3 is 5.32 Å². The van der Waals surface area contributed by atoms with E-state index in [9.17, 15) is 9.18 Å². The highest BCUT2D eigenvalue weighted by atomic mass is 32.1. The zero-order valence-electron chi connectivity index (χ0n) is 14.0. The normalized spacial score (nSPS) is 14.1. The lowest BCUT2D eigenvalue weighted by Gasteiger charge is -2.10. The van der Waals surface area contributed by atoms with Crippen molar-refractivity contribution in [2.75, 3.05) is 0 Å². The fourth-order valence-electron chi connectivity index (χ4n) is 2.77. The summed E-state index contributed by atoms with van der Waals surface area (Å²) in [4.78, 5) is 15.0. The fourth-order valence-corrected chi connectivity index (χ4v) is 4.40. The molecule has 26 heavy (non-hydrogen) atoms. The fraction of sp³-hybridized carbons (Fsp3) is 0.158. The molecule has 7 heteroatoms. The molecule has 0 atom stereocenters. The third kappa shape index (κ3) is 3.27. The molecule has 0 unspecified atom stereocenters. The molecule has 3 aromatic rings. The van der Waals surface area contributed by atoms with Crippen LogP contribution >= 0.6 is 22.7 Å². The lowest BCUT2D eigenvalue weighted by atomic mass is 10.1. The molecule has 4 nitrogen and oxygen atoms in total. The number of aromatic nitrogens is 2. The van der Waals surface area contributed by atoms with Gasteiger partial charge in [0.25, 0.3) is 5.91 Å². The van der Waals surface area contributed by atoms with E-state index in [0.29, 0.717) is 17.7 Å². The van der Waals surface area contributed by atoms with Crippen molar-refractivity contribution >= 4 is 28.6 Å². The van der Waals surface area contributed by atoms with E-state index in [-0.39, 0.29) is 17.4 Å². The second-order valence-electron chi connectivity index (χ2n) is 5.89. The van der Waals surface area contributed by atoms with Crippen molar-refractivity contribution < 1.29 is 9.18 Å². The summed E-state index contributed by atoms with van der Waals surface area (Å²) in [5.41, 5.74) is 2.12. The van der Waals surface area contributed by atoms with Crippen molar-refractivity contribution in [2.45, 2.75) is 12.8 Å². The zero-order chi connectivity index (χ0) is 18.1. The van der Waals surface area contributed by atoms with Crippen molar-refractivity contribution in [3.05, 3.63) is 64.3 Å². The highest BCUT2D eigenvalue weighted by Gasteiger charge is 2.17. The van der Waals surface area contributed by atoms with E-state index in [0.717, 1.165) is 21.1 Å². The van der Waals surface area contributed by atoms with Crippen LogP contribution in [-0.2, 0) is 7.05 Å². The van der Waals surface area contributed by atoms with Crippen LogP contribution in [0.3, 0.4) is 0 Å². The molecule has 0 spiro atoms. The summed E-state index contributed by atoms with van der Waals surface area (Å²) in [6.45, 7) is 0. The maximum atomic E-state index is 13.8. The number of aryl methyl sites for hydroxylation is 1. The molecule has 0 radical (unpaired) electrons. The van der Waals surface area contributed by atoms with Crippen molar-refractivity contribution in [3.63, 3.8) is 0 Å². The summed E-state index contributed by atoms with van der Waals surface area (Å²) in [7, 11) is 1.89. The molecule has 0 aliphatic heterocycles. The number of nitrogens with zero attached hydrogens (tertiary/aromatic N) is 2. The number of rotatable bonds is 4. The van der Waals surface area contributed by atoms with Crippen LogP contribution in [0.1, 0.15) is 22.5 Å². The molecule has 3 aromatic heterocycles. The topological polar surface area (TPSA) is 46.9 Å². The van der Waals surface area contributed by atoms with Gasteiger partial charge in [0.15, 0.2) is 0 Å². The molecule has 0 aromatic carbocycles. The summed E-state index contributed by atoms with van der Waals surface area (Å²) in [6.07, 6.45) is 4.49. The Morgan fingerprint density at radius 1 is 1.31 bits per heavy atom. The first-order chi connectivity index (χ1) is 12.6. The highest BCUT2D eigenvalue weighted by Crippen LogP contribution is 2.32. The van der Waals surface area contributed by atoms with Crippen LogP contribution in [0.4, 0.5) is 4.39 Å². The number of amides is 1. The SMILES string of the molecule is Cn1nc(-c2cccs2)cc1-c1ccc(C(=O)NC2=C(F)CCC=C2)s1. The van der Waals surface area contributed by atoms with E-state index in [4.69, 9.17) is 0 Å². The van der Waals surface area contributed by atoms with Crippen LogP contribution in [0, 0.1) is 0 Å². The van der Waals surface area contributed by atoms with E-state index in [2.05, 4.69) is 10.4 Å². The van der Waals surface area contributed by atoms with Crippen molar-refractivity contribution in [3.8, 4) is 21.1 Å². The van der Waals surface area contributed by atoms with Gasteiger partial charge in [0, 0.05) is 13.5 Å². The maximum Gasteiger partial charge on any atom is 0.265 e. The van der Waals surface area contributed by atoms with Crippen LogP contribution in [0.25, 0.3) is 21.1 Å². The molecule has 1 aliphatic carbocycles. The molecule has 1 aliphatic rings. The van der Waals surface area contributed by atoms with Crippen LogP contribution < -0.4 is 5.32 Å². The summed E-state index contributed by atoms with van der Waals surface area (Å²) in [5.74, 6) is -0.566. The number of hydrogen-bond acceptors (Lipinski definition) is 4. The molecule has 1 amide bonds. The Morgan fingerprint density at radius 2 is 2.19 bits per heavy atom. The maximum absolute atomic E-state index is 13.8. The van der Waals surface area contributed by atoms with E-state index < -0.39 is 0 Å². The van der Waals surface area contributed by atoms with Gasteiger partial charge in [0.1, 0.15) is 11.5 Å². The van der Waals surface area contributed by atoms with E-state index >= 15 is 0 Å². The minimum absolute atomic E-state index is 0.261. The van der Waals surface area contributed by atoms with Crippen LogP contribution in [0.15, 0.2) is 59.4 Å². The first-order valence-corrected chi connectivity index (χ1v) is 9.86. The van der Waals surface area contributed by atoms with Gasteiger partial charge in [0.2, 0.25) is 0 Å². The second kappa shape index (κ2) is 7.01. The predicted molar refractivity (Wildman–Crippen MR) is 104 cm³/mol. The Bertz CT molecular complexity index is 1010. The van der Waals surface area contributed by atoms with Gasteiger partial charge in [-0.15, -0.1) is 22.7 Å². The molecular weight excluding hydrogens is 369 g/mol. The molecule has 0 saturated carbocycles. The third-order valence-electron chi connectivity index (χ3n) is 4.09. The average Bonchev–Trinajstić information content (AvgIpc) is 3.36. The standard InChI is InChI=1S/C19H16FN3OS2/c1-23-15(11-14(22-23)16-7-4-10-25-16)17-8-9-18(26-17)19(24)21-13-6-3-2-5-12(13)20/h3-4,6-11H,2,5H2,1H3,(H,21,24). The van der Waals surface area contributed by atoms with Crippen LogP contribution in [-0.4, -0.2) is 15.7 Å². The Labute approximate surface area is 158 Å². The van der Waals surface area contributed by atoms with Gasteiger partial charge in [0.05, 0.1) is 26.0 Å². The van der Waals surface area contributed by atoms with Gasteiger partial charge in [-0.05, 0) is 42.1 Å². The van der Waals surface area contributed by atoms with Gasteiger partial charge in [-0.2, -0.15) is 5.10 Å². The monoisotopic (exact) mass is 385 g/mol. The largest absolute Gasteiger partial charge is 0.319 e. The molecule has 3 heterocycles. The predicted octanol–water partition coefficient (Wildman–Crippen LogP) is 5.14. The van der Waals surface area contributed by atoms with Crippen LogP contribution in [0.2, 0.25) is 0 Å². The lowest BCUT2D eigenvalue weighted by Crippen LogP contribution is -2.22. The number of hydrogen-bond donors (Lipinski definition) is 1. The average molecular weight is 385 g/mol. The molecule has 0 bridgehead atoms. The summed E-state index contributed by atoms with van der Waals surface area (Å²) < 4.78 is 15.6. The van der Waals surface area contributed by atoms with Gasteiger partial charge in [-0.1, -0.05) is 12.1 Å². The number of carbonyl (C=O) groups excluding carboxylic acids is 1. The lowest BCUT2D eigenvalue weighted by molar-refractivity contribution is 0.0969. The van der Waals surface area contributed by atoms with Crippen molar-refractivity contribution in [1.82, 2.24) is 15.1 Å². The van der Waals surface area contributed by atoms with E-state index in [1.165, 1.54) is 11.3 Å². The Kier molecular flexibility index (Phi) is 4.57. The summed E-state index contributed by atoms with van der Waals surface area (Å²) in [5, 5.41) is 9.23. The third-order valence-corrected chi connectivity index (χ3v) is 6.09. The Morgan fingerprint density at radius 3 is 2.96 bits per heavy atom. The minimum atomic E-state index is -0.293.